The van der Waals surface area contributed by atoms with E-state index >= 15 is 0 Å². The molecule has 3 amide bonds. The third-order valence-corrected chi connectivity index (χ3v) is 4.20. The zero-order valence-electron chi connectivity index (χ0n) is 12.7. The van der Waals surface area contributed by atoms with E-state index in [0.717, 1.165) is 5.69 Å². The average Bonchev–Trinajstić information content (AvgIpc) is 2.91. The van der Waals surface area contributed by atoms with Gasteiger partial charge in [-0.2, -0.15) is 0 Å². The number of benzene rings is 2. The van der Waals surface area contributed by atoms with Gasteiger partial charge >= 0.3 is 6.03 Å². The van der Waals surface area contributed by atoms with Crippen molar-refractivity contribution in [2.75, 3.05) is 29.9 Å². The predicted molar refractivity (Wildman–Crippen MR) is 95.8 cm³/mol. The third-order valence-electron chi connectivity index (χ3n) is 3.70. The molecule has 1 N–H and O–H groups in total. The Morgan fingerprint density at radius 3 is 2.17 bits per heavy atom. The van der Waals surface area contributed by atoms with E-state index in [1.807, 2.05) is 0 Å². The van der Waals surface area contributed by atoms with Crippen molar-refractivity contribution in [3.8, 4) is 0 Å². The molecule has 0 saturated carbocycles. The molecule has 7 heteroatoms. The molecule has 5 nitrogen and oxygen atoms in total. The van der Waals surface area contributed by atoms with Crippen LogP contribution in [0.1, 0.15) is 0 Å². The highest BCUT2D eigenvalue weighted by atomic mass is 35.5. The quantitative estimate of drug-likeness (QED) is 0.895. The first-order chi connectivity index (χ1) is 11.5. The Balaban J connectivity index is 1.60. The molecule has 1 fully saturated rings. The number of halogens is 2. The smallest absolute Gasteiger partial charge is 0.325 e. The number of amides is 3. The monoisotopic (exact) mass is 363 g/mol. The minimum atomic E-state index is -0.247. The summed E-state index contributed by atoms with van der Waals surface area (Å²) in [5.41, 5.74) is 1.41. The molecule has 0 radical (unpaired) electrons. The lowest BCUT2D eigenvalue weighted by atomic mass is 10.3. The number of nitrogens with one attached hydrogen (secondary N) is 1. The minimum Gasteiger partial charge on any atom is -0.325 e. The van der Waals surface area contributed by atoms with Gasteiger partial charge in [-0.25, -0.2) is 4.79 Å². The molecule has 1 aliphatic heterocycles. The predicted octanol–water partition coefficient (Wildman–Crippen LogP) is 3.87. The van der Waals surface area contributed by atoms with Gasteiger partial charge in [-0.05, 0) is 48.5 Å². The van der Waals surface area contributed by atoms with Crippen LogP contribution in [0.3, 0.4) is 0 Å². The van der Waals surface area contributed by atoms with Crippen LogP contribution in [0.5, 0.6) is 0 Å². The summed E-state index contributed by atoms with van der Waals surface area (Å²) < 4.78 is 0. The largest absolute Gasteiger partial charge is 0.325 e. The van der Waals surface area contributed by atoms with E-state index in [-0.39, 0.29) is 18.5 Å². The van der Waals surface area contributed by atoms with Crippen LogP contribution in [-0.2, 0) is 4.79 Å². The van der Waals surface area contributed by atoms with E-state index in [0.29, 0.717) is 28.8 Å². The number of hydrogen-bond acceptors (Lipinski definition) is 2. The first-order valence-electron chi connectivity index (χ1n) is 7.40. The van der Waals surface area contributed by atoms with Crippen LogP contribution in [0.15, 0.2) is 48.5 Å². The molecular weight excluding hydrogens is 349 g/mol. The van der Waals surface area contributed by atoms with Crippen LogP contribution in [0.4, 0.5) is 16.2 Å². The Morgan fingerprint density at radius 1 is 0.958 bits per heavy atom. The van der Waals surface area contributed by atoms with Gasteiger partial charge in [-0.3, -0.25) is 9.69 Å². The molecule has 1 aliphatic rings. The van der Waals surface area contributed by atoms with E-state index in [1.54, 1.807) is 53.4 Å². The number of nitrogens with zero attached hydrogens (tertiary/aromatic N) is 2. The Kier molecular flexibility index (Phi) is 4.92. The van der Waals surface area contributed by atoms with Crippen molar-refractivity contribution in [3.05, 3.63) is 58.6 Å². The van der Waals surface area contributed by atoms with Crippen molar-refractivity contribution >= 4 is 46.5 Å². The first-order valence-corrected chi connectivity index (χ1v) is 8.16. The summed E-state index contributed by atoms with van der Waals surface area (Å²) >= 11 is 11.7. The second-order valence-electron chi connectivity index (χ2n) is 5.39. The zero-order chi connectivity index (χ0) is 17.1. The lowest BCUT2D eigenvalue weighted by Crippen LogP contribution is -2.37. The van der Waals surface area contributed by atoms with Crippen LogP contribution in [-0.4, -0.2) is 36.5 Å². The molecule has 0 bridgehead atoms. The highest BCUT2D eigenvalue weighted by Crippen LogP contribution is 2.22. The highest BCUT2D eigenvalue weighted by molar-refractivity contribution is 6.31. The van der Waals surface area contributed by atoms with Crippen LogP contribution in [0, 0.1) is 0 Å². The van der Waals surface area contributed by atoms with E-state index in [1.165, 1.54) is 4.90 Å². The van der Waals surface area contributed by atoms with Gasteiger partial charge in [0.2, 0.25) is 5.91 Å². The maximum atomic E-state index is 12.4. The molecular formula is C17H15Cl2N3O2. The number of carbonyl (C=O) groups is 2. The van der Waals surface area contributed by atoms with Gasteiger partial charge in [-0.15, -0.1) is 0 Å². The van der Waals surface area contributed by atoms with Crippen molar-refractivity contribution in [2.45, 2.75) is 0 Å². The van der Waals surface area contributed by atoms with Crippen molar-refractivity contribution < 1.29 is 9.59 Å². The standard InChI is InChI=1S/C17H15Cl2N3O2/c18-12-1-5-14(6-2-12)20-16(23)11-21-9-10-22(17(21)24)15-7-3-13(19)4-8-15/h1-8H,9-11H2,(H,20,23). The highest BCUT2D eigenvalue weighted by Gasteiger charge is 2.30. The Bertz CT molecular complexity index is 747. The maximum Gasteiger partial charge on any atom is 0.325 e. The number of anilines is 2. The molecule has 0 aromatic heterocycles. The first kappa shape index (κ1) is 16.6. The van der Waals surface area contributed by atoms with Crippen molar-refractivity contribution in [1.29, 1.82) is 0 Å². The van der Waals surface area contributed by atoms with E-state index < -0.39 is 0 Å². The van der Waals surface area contributed by atoms with Gasteiger partial charge in [0.1, 0.15) is 6.54 Å². The van der Waals surface area contributed by atoms with Crippen LogP contribution in [0.25, 0.3) is 0 Å². The van der Waals surface area contributed by atoms with Gasteiger partial charge in [0.05, 0.1) is 0 Å². The molecule has 1 heterocycles. The van der Waals surface area contributed by atoms with E-state index in [2.05, 4.69) is 5.32 Å². The van der Waals surface area contributed by atoms with Crippen molar-refractivity contribution in [1.82, 2.24) is 4.90 Å². The zero-order valence-corrected chi connectivity index (χ0v) is 14.2. The molecule has 2 aromatic carbocycles. The van der Waals surface area contributed by atoms with Crippen LogP contribution >= 0.6 is 23.2 Å². The lowest BCUT2D eigenvalue weighted by molar-refractivity contribution is -0.116. The summed E-state index contributed by atoms with van der Waals surface area (Å²) in [6, 6.07) is 13.7. The van der Waals surface area contributed by atoms with Gasteiger partial charge in [0.15, 0.2) is 0 Å². The van der Waals surface area contributed by atoms with Gasteiger partial charge in [-0.1, -0.05) is 23.2 Å². The second-order valence-corrected chi connectivity index (χ2v) is 6.26. The molecule has 2 aromatic rings. The fourth-order valence-electron chi connectivity index (χ4n) is 2.50. The topological polar surface area (TPSA) is 52.7 Å². The molecule has 3 rings (SSSR count). The summed E-state index contributed by atoms with van der Waals surface area (Å²) in [6.45, 7) is 1.04. The average molecular weight is 364 g/mol. The van der Waals surface area contributed by atoms with Crippen LogP contribution in [0.2, 0.25) is 10.0 Å². The fourth-order valence-corrected chi connectivity index (χ4v) is 2.75. The van der Waals surface area contributed by atoms with Gasteiger partial charge in [0.25, 0.3) is 0 Å². The summed E-state index contributed by atoms with van der Waals surface area (Å²) in [6.07, 6.45) is 0. The normalized spacial score (nSPS) is 14.2. The number of carbonyl (C=O) groups excluding carboxylic acids is 2. The second kappa shape index (κ2) is 7.11. The minimum absolute atomic E-state index is 0.00551. The van der Waals surface area contributed by atoms with E-state index in [4.69, 9.17) is 23.2 Å². The number of hydrogen-bond donors (Lipinski definition) is 1. The molecule has 24 heavy (non-hydrogen) atoms. The SMILES string of the molecule is O=C(CN1CCN(c2ccc(Cl)cc2)C1=O)Nc1ccc(Cl)cc1. The Hall–Kier alpha value is -2.24. The number of rotatable bonds is 4. The molecule has 0 atom stereocenters. The number of urea groups is 1. The van der Waals surface area contributed by atoms with E-state index in [9.17, 15) is 9.59 Å². The molecule has 0 unspecified atom stereocenters. The lowest BCUT2D eigenvalue weighted by Gasteiger charge is -2.18. The summed E-state index contributed by atoms with van der Waals surface area (Å²) in [5.74, 6) is -0.247. The van der Waals surface area contributed by atoms with Crippen LogP contribution < -0.4 is 10.2 Å². The van der Waals surface area contributed by atoms with Gasteiger partial charge in [0, 0.05) is 34.5 Å². The van der Waals surface area contributed by atoms with Crippen molar-refractivity contribution in [3.63, 3.8) is 0 Å². The Labute approximate surface area is 149 Å². The molecule has 0 spiro atoms. The molecule has 1 saturated heterocycles. The summed E-state index contributed by atoms with van der Waals surface area (Å²) in [5, 5.41) is 3.97. The van der Waals surface area contributed by atoms with Gasteiger partial charge < -0.3 is 10.2 Å². The molecule has 124 valence electrons. The summed E-state index contributed by atoms with van der Waals surface area (Å²) in [7, 11) is 0. The van der Waals surface area contributed by atoms with Crippen molar-refractivity contribution in [2.24, 2.45) is 0 Å². The maximum absolute atomic E-state index is 12.4. The third kappa shape index (κ3) is 3.80. The summed E-state index contributed by atoms with van der Waals surface area (Å²) in [4.78, 5) is 27.7. The Morgan fingerprint density at radius 2 is 1.54 bits per heavy atom. The fraction of sp³-hybridized carbons (Fsp3) is 0.176. The molecule has 0 aliphatic carbocycles.